The highest BCUT2D eigenvalue weighted by Gasteiger charge is 2.18. The summed E-state index contributed by atoms with van der Waals surface area (Å²) in [4.78, 5) is 9.26. The Morgan fingerprint density at radius 1 is 0.962 bits per heavy atom. The zero-order chi connectivity index (χ0) is 17.9. The lowest BCUT2D eigenvalue weighted by atomic mass is 10.1. The molecule has 2 aromatic carbocycles. The van der Waals surface area contributed by atoms with Crippen LogP contribution < -0.4 is 5.32 Å². The van der Waals surface area contributed by atoms with E-state index in [1.165, 1.54) is 11.1 Å². The minimum Gasteiger partial charge on any atom is -0.363 e. The van der Waals surface area contributed by atoms with Crippen molar-refractivity contribution in [2.45, 2.75) is 26.8 Å². The Morgan fingerprint density at radius 2 is 1.73 bits per heavy atom. The van der Waals surface area contributed by atoms with Gasteiger partial charge in [0.15, 0.2) is 5.82 Å². The predicted octanol–water partition coefficient (Wildman–Crippen LogP) is 4.77. The zero-order valence-electron chi connectivity index (χ0n) is 14.9. The second-order valence-electron chi connectivity index (χ2n) is 6.26. The van der Waals surface area contributed by atoms with Crippen LogP contribution in [0.2, 0.25) is 0 Å². The highest BCUT2D eigenvalue weighted by atomic mass is 16.5. The van der Waals surface area contributed by atoms with Crippen LogP contribution in [0.5, 0.6) is 0 Å². The summed E-state index contributed by atoms with van der Waals surface area (Å²) < 4.78 is 5.62. The number of fused-ring (bicyclic) bond motifs is 1. The Morgan fingerprint density at radius 3 is 2.46 bits per heavy atom. The van der Waals surface area contributed by atoms with Gasteiger partial charge in [-0.05, 0) is 12.5 Å². The Hall–Kier alpha value is -3.21. The van der Waals surface area contributed by atoms with Gasteiger partial charge in [-0.2, -0.15) is 0 Å². The molecule has 26 heavy (non-hydrogen) atoms. The number of aromatic nitrogens is 3. The number of hydrogen-bond acceptors (Lipinski definition) is 5. The molecule has 0 amide bonds. The van der Waals surface area contributed by atoms with E-state index >= 15 is 0 Å². The number of hydrogen-bond donors (Lipinski definition) is 1. The van der Waals surface area contributed by atoms with Gasteiger partial charge in [-0.25, -0.2) is 9.97 Å². The second-order valence-corrected chi connectivity index (χ2v) is 6.26. The summed E-state index contributed by atoms with van der Waals surface area (Å²) in [6, 6.07) is 18.4. The van der Waals surface area contributed by atoms with Gasteiger partial charge in [-0.15, -0.1) is 0 Å². The van der Waals surface area contributed by atoms with E-state index in [-0.39, 0.29) is 0 Å². The Kier molecular flexibility index (Phi) is 4.35. The monoisotopic (exact) mass is 344 g/mol. The molecule has 130 valence electrons. The average molecular weight is 344 g/mol. The SMILES string of the molecule is CCc1nc(NCc2ccccc2)c2onc(-c3ccc(C)cc3)c2n1. The van der Waals surface area contributed by atoms with Crippen molar-refractivity contribution >= 4 is 16.9 Å². The molecule has 2 aromatic heterocycles. The number of nitrogens with zero attached hydrogens (tertiary/aromatic N) is 3. The fourth-order valence-electron chi connectivity index (χ4n) is 2.84. The quantitative estimate of drug-likeness (QED) is 0.565. The van der Waals surface area contributed by atoms with Crippen LogP contribution >= 0.6 is 0 Å². The van der Waals surface area contributed by atoms with Crippen LogP contribution in [0, 0.1) is 6.92 Å². The van der Waals surface area contributed by atoms with Crippen molar-refractivity contribution in [2.75, 3.05) is 5.32 Å². The molecule has 0 unspecified atom stereocenters. The first-order chi connectivity index (χ1) is 12.7. The molecule has 0 saturated carbocycles. The van der Waals surface area contributed by atoms with Gasteiger partial charge in [0.1, 0.15) is 17.0 Å². The topological polar surface area (TPSA) is 63.8 Å². The van der Waals surface area contributed by atoms with Crippen LogP contribution in [0.25, 0.3) is 22.4 Å². The molecule has 0 saturated heterocycles. The van der Waals surface area contributed by atoms with Crippen molar-refractivity contribution in [3.8, 4) is 11.3 Å². The number of rotatable bonds is 5. The van der Waals surface area contributed by atoms with Gasteiger partial charge in [-0.1, -0.05) is 72.2 Å². The van der Waals surface area contributed by atoms with E-state index in [1.807, 2.05) is 37.3 Å². The predicted molar refractivity (Wildman–Crippen MR) is 103 cm³/mol. The standard InChI is InChI=1S/C21H20N4O/c1-3-17-23-19-18(16-11-9-14(2)10-12-16)25-26-20(19)21(24-17)22-13-15-7-5-4-6-8-15/h4-12H,3,13H2,1-2H3,(H,22,23,24). The largest absolute Gasteiger partial charge is 0.363 e. The first-order valence-electron chi connectivity index (χ1n) is 8.75. The van der Waals surface area contributed by atoms with E-state index in [4.69, 9.17) is 4.52 Å². The first kappa shape index (κ1) is 16.3. The number of nitrogens with one attached hydrogen (secondary N) is 1. The molecule has 1 N–H and O–H groups in total. The maximum atomic E-state index is 5.62. The molecule has 4 rings (SSSR count). The Bertz CT molecular complexity index is 1020. The summed E-state index contributed by atoms with van der Waals surface area (Å²) >= 11 is 0. The van der Waals surface area contributed by atoms with Crippen LogP contribution in [-0.4, -0.2) is 15.1 Å². The second kappa shape index (κ2) is 6.96. The molecular weight excluding hydrogens is 324 g/mol. The normalized spacial score (nSPS) is 11.0. The van der Waals surface area contributed by atoms with Crippen LogP contribution in [0.1, 0.15) is 23.9 Å². The summed E-state index contributed by atoms with van der Waals surface area (Å²) in [6.07, 6.45) is 0.745. The van der Waals surface area contributed by atoms with Crippen molar-refractivity contribution in [1.29, 1.82) is 0 Å². The molecule has 0 aliphatic heterocycles. The van der Waals surface area contributed by atoms with Crippen LogP contribution in [0.4, 0.5) is 5.82 Å². The van der Waals surface area contributed by atoms with Gasteiger partial charge in [0.25, 0.3) is 0 Å². The molecule has 0 spiro atoms. The summed E-state index contributed by atoms with van der Waals surface area (Å²) in [6.45, 7) is 4.77. The van der Waals surface area contributed by atoms with Gasteiger partial charge in [0, 0.05) is 18.5 Å². The Balaban J connectivity index is 1.74. The number of benzene rings is 2. The van der Waals surface area contributed by atoms with Gasteiger partial charge >= 0.3 is 0 Å². The third-order valence-electron chi connectivity index (χ3n) is 4.31. The molecule has 0 aliphatic carbocycles. The van der Waals surface area contributed by atoms with E-state index in [0.717, 1.165) is 29.0 Å². The summed E-state index contributed by atoms with van der Waals surface area (Å²) in [5.74, 6) is 1.45. The van der Waals surface area contributed by atoms with Crippen molar-refractivity contribution < 1.29 is 4.52 Å². The molecule has 2 heterocycles. The number of anilines is 1. The molecule has 0 fully saturated rings. The molecule has 5 heteroatoms. The Labute approximate surface area is 152 Å². The average Bonchev–Trinajstić information content (AvgIpc) is 3.11. The fourth-order valence-corrected chi connectivity index (χ4v) is 2.84. The van der Waals surface area contributed by atoms with E-state index in [1.54, 1.807) is 0 Å². The molecule has 5 nitrogen and oxygen atoms in total. The van der Waals surface area contributed by atoms with E-state index in [0.29, 0.717) is 17.9 Å². The van der Waals surface area contributed by atoms with E-state index in [9.17, 15) is 0 Å². The van der Waals surface area contributed by atoms with Gasteiger partial charge < -0.3 is 9.84 Å². The first-order valence-corrected chi connectivity index (χ1v) is 8.75. The minimum atomic E-state index is 0.591. The molecule has 4 aromatic rings. The van der Waals surface area contributed by atoms with Crippen molar-refractivity contribution in [3.05, 3.63) is 71.5 Å². The lowest BCUT2D eigenvalue weighted by molar-refractivity contribution is 0.459. The van der Waals surface area contributed by atoms with Crippen molar-refractivity contribution in [2.24, 2.45) is 0 Å². The van der Waals surface area contributed by atoms with Gasteiger partial charge in [-0.3, -0.25) is 0 Å². The smallest absolute Gasteiger partial charge is 0.228 e. The lowest BCUT2D eigenvalue weighted by Gasteiger charge is -2.07. The van der Waals surface area contributed by atoms with Crippen LogP contribution in [0.3, 0.4) is 0 Å². The maximum absolute atomic E-state index is 5.62. The van der Waals surface area contributed by atoms with Gasteiger partial charge in [0.2, 0.25) is 5.58 Å². The molecule has 0 radical (unpaired) electrons. The molecule has 0 aliphatic rings. The van der Waals surface area contributed by atoms with E-state index < -0.39 is 0 Å². The third kappa shape index (κ3) is 3.16. The summed E-state index contributed by atoms with van der Waals surface area (Å²) in [7, 11) is 0. The highest BCUT2D eigenvalue weighted by Crippen LogP contribution is 2.30. The summed E-state index contributed by atoms with van der Waals surface area (Å²) in [5, 5.41) is 7.64. The molecular formula is C21H20N4O. The third-order valence-corrected chi connectivity index (χ3v) is 4.31. The molecule has 0 atom stereocenters. The van der Waals surface area contributed by atoms with Crippen molar-refractivity contribution in [3.63, 3.8) is 0 Å². The minimum absolute atomic E-state index is 0.591. The highest BCUT2D eigenvalue weighted by molar-refractivity contribution is 5.93. The maximum Gasteiger partial charge on any atom is 0.228 e. The van der Waals surface area contributed by atoms with Crippen LogP contribution in [0.15, 0.2) is 59.1 Å². The lowest BCUT2D eigenvalue weighted by Crippen LogP contribution is -2.04. The summed E-state index contributed by atoms with van der Waals surface area (Å²) in [5.41, 5.74) is 5.46. The van der Waals surface area contributed by atoms with Crippen LogP contribution in [-0.2, 0) is 13.0 Å². The molecule has 0 bridgehead atoms. The zero-order valence-corrected chi connectivity index (χ0v) is 14.9. The van der Waals surface area contributed by atoms with Gasteiger partial charge in [0.05, 0.1) is 0 Å². The van der Waals surface area contributed by atoms with Crippen molar-refractivity contribution in [1.82, 2.24) is 15.1 Å². The number of aryl methyl sites for hydroxylation is 2. The fraction of sp³-hybridized carbons (Fsp3) is 0.190. The van der Waals surface area contributed by atoms with E-state index in [2.05, 4.69) is 51.6 Å².